The Morgan fingerprint density at radius 2 is 1.31 bits per heavy atom. The normalized spacial score (nSPS) is 11.4. The number of nitrogens with zero attached hydrogens (tertiary/aromatic N) is 4. The highest BCUT2D eigenvalue weighted by molar-refractivity contribution is 6.15. The summed E-state index contributed by atoms with van der Waals surface area (Å²) < 4.78 is 8.16. The van der Waals surface area contributed by atoms with Crippen LogP contribution in [-0.4, -0.2) is 30.7 Å². The molecule has 0 fully saturated rings. The molecule has 36 heavy (non-hydrogen) atoms. The van der Waals surface area contributed by atoms with Crippen LogP contribution in [0.25, 0.3) is 50.3 Å². The second kappa shape index (κ2) is 8.82. The molecule has 1 N–H and O–H groups in total. The first-order valence-corrected chi connectivity index (χ1v) is 11.9. The average Bonchev–Trinajstić information content (AvgIpc) is 3.23. The van der Waals surface area contributed by atoms with Gasteiger partial charge in [-0.25, -0.2) is 4.98 Å². The third-order valence-corrected chi connectivity index (χ3v) is 6.05. The molecule has 2 heterocycles. The molecule has 176 valence electrons. The molecule has 6 nitrogen and oxygen atoms in total. The van der Waals surface area contributed by atoms with Gasteiger partial charge in [-0.1, -0.05) is 60.7 Å². The molecule has 0 aliphatic carbocycles. The molecule has 0 aliphatic rings. The van der Waals surface area contributed by atoms with Gasteiger partial charge < -0.3 is 14.4 Å². The molecule has 0 atom stereocenters. The Bertz CT molecular complexity index is 1710. The minimum Gasteiger partial charge on any atom is -0.507 e. The summed E-state index contributed by atoms with van der Waals surface area (Å²) in [4.78, 5) is 14.0. The van der Waals surface area contributed by atoms with Gasteiger partial charge in [-0.2, -0.15) is 9.97 Å². The van der Waals surface area contributed by atoms with E-state index in [4.69, 9.17) is 14.7 Å². The summed E-state index contributed by atoms with van der Waals surface area (Å²) in [6.45, 7) is 3.86. The molecule has 0 saturated carbocycles. The summed E-state index contributed by atoms with van der Waals surface area (Å²) in [6, 6.07) is 32.0. The third kappa shape index (κ3) is 3.73. The van der Waals surface area contributed by atoms with Crippen molar-refractivity contribution < 1.29 is 9.84 Å². The second-order valence-corrected chi connectivity index (χ2v) is 8.84. The molecular weight excluding hydrogens is 448 g/mol. The van der Waals surface area contributed by atoms with Gasteiger partial charge in [-0.3, -0.25) is 0 Å². The highest BCUT2D eigenvalue weighted by Gasteiger charge is 2.20. The van der Waals surface area contributed by atoms with Gasteiger partial charge in [0.25, 0.3) is 0 Å². The zero-order chi connectivity index (χ0) is 24.6. The van der Waals surface area contributed by atoms with E-state index >= 15 is 0 Å². The fourth-order valence-electron chi connectivity index (χ4n) is 4.58. The van der Waals surface area contributed by atoms with Crippen molar-refractivity contribution in [1.29, 1.82) is 0 Å². The van der Waals surface area contributed by atoms with Crippen molar-refractivity contribution in [3.63, 3.8) is 0 Å². The van der Waals surface area contributed by atoms with Gasteiger partial charge in [0.15, 0.2) is 11.6 Å². The van der Waals surface area contributed by atoms with Crippen molar-refractivity contribution >= 4 is 21.8 Å². The lowest BCUT2D eigenvalue weighted by atomic mass is 10.1. The Balaban J connectivity index is 1.66. The van der Waals surface area contributed by atoms with Gasteiger partial charge in [-0.05, 0) is 50.2 Å². The minimum absolute atomic E-state index is 0.101. The van der Waals surface area contributed by atoms with Crippen LogP contribution in [0.15, 0.2) is 97.1 Å². The Morgan fingerprint density at radius 1 is 0.667 bits per heavy atom. The number of phenols is 1. The Kier molecular flexibility index (Phi) is 5.34. The highest BCUT2D eigenvalue weighted by Crippen LogP contribution is 2.38. The van der Waals surface area contributed by atoms with Gasteiger partial charge in [-0.15, -0.1) is 0 Å². The van der Waals surface area contributed by atoms with Gasteiger partial charge in [0.05, 0.1) is 22.7 Å². The summed E-state index contributed by atoms with van der Waals surface area (Å²) in [5.74, 6) is 0.946. The van der Waals surface area contributed by atoms with Crippen LogP contribution in [0.5, 0.6) is 11.8 Å². The lowest BCUT2D eigenvalue weighted by molar-refractivity contribution is 0.222. The van der Waals surface area contributed by atoms with Crippen molar-refractivity contribution in [2.45, 2.75) is 20.0 Å². The predicted octanol–water partition coefficient (Wildman–Crippen LogP) is 6.80. The number of hydrogen-bond acceptors (Lipinski definition) is 5. The lowest BCUT2D eigenvalue weighted by Crippen LogP contribution is -2.10. The van der Waals surface area contributed by atoms with Crippen LogP contribution in [0.3, 0.4) is 0 Å². The first-order chi connectivity index (χ1) is 17.6. The molecule has 6 rings (SSSR count). The van der Waals surface area contributed by atoms with Crippen LogP contribution < -0.4 is 4.74 Å². The number of rotatable bonds is 5. The zero-order valence-electron chi connectivity index (χ0n) is 20.0. The highest BCUT2D eigenvalue weighted by atomic mass is 16.5. The topological polar surface area (TPSA) is 73.1 Å². The van der Waals surface area contributed by atoms with E-state index in [1.807, 2.05) is 62.4 Å². The molecule has 0 aliphatic heterocycles. The molecule has 0 spiro atoms. The molecule has 4 aromatic carbocycles. The molecule has 6 heteroatoms. The molecule has 0 saturated heterocycles. The Morgan fingerprint density at radius 3 is 2.08 bits per heavy atom. The number of benzene rings is 4. The predicted molar refractivity (Wildman–Crippen MR) is 142 cm³/mol. The van der Waals surface area contributed by atoms with E-state index in [-0.39, 0.29) is 17.9 Å². The summed E-state index contributed by atoms with van der Waals surface area (Å²) in [5, 5.41) is 12.6. The number of aromatic hydroxyl groups is 1. The monoisotopic (exact) mass is 472 g/mol. The standard InChI is InChI=1S/C30H24N4O2/c1-19(2)36-30-32-28(22-14-7-9-18-26(22)35)31-29(33-30)23-15-10-17-25-27(23)21-13-6-8-16-24(21)34(25)20-11-4-3-5-12-20/h3-19,35H,1-2H3. The van der Waals surface area contributed by atoms with E-state index in [1.165, 1.54) is 0 Å². The second-order valence-electron chi connectivity index (χ2n) is 8.84. The number of para-hydroxylation sites is 3. The van der Waals surface area contributed by atoms with E-state index in [0.717, 1.165) is 33.1 Å². The smallest absolute Gasteiger partial charge is 0.320 e. The first-order valence-electron chi connectivity index (χ1n) is 11.9. The third-order valence-electron chi connectivity index (χ3n) is 6.05. The van der Waals surface area contributed by atoms with Crippen molar-refractivity contribution in [2.24, 2.45) is 0 Å². The molecule has 0 unspecified atom stereocenters. The van der Waals surface area contributed by atoms with E-state index < -0.39 is 0 Å². The molecular formula is C30H24N4O2. The number of phenolic OH excluding ortho intramolecular Hbond substituents is 1. The van der Waals surface area contributed by atoms with Gasteiger partial charge in [0, 0.05) is 22.0 Å². The van der Waals surface area contributed by atoms with E-state index in [0.29, 0.717) is 17.2 Å². The van der Waals surface area contributed by atoms with Crippen LogP contribution in [-0.2, 0) is 0 Å². The Hall–Kier alpha value is -4.71. The molecule has 0 radical (unpaired) electrons. The van der Waals surface area contributed by atoms with E-state index in [2.05, 4.69) is 39.9 Å². The van der Waals surface area contributed by atoms with Crippen molar-refractivity contribution in [2.75, 3.05) is 0 Å². The van der Waals surface area contributed by atoms with Crippen molar-refractivity contribution in [3.05, 3.63) is 97.1 Å². The number of hydrogen-bond donors (Lipinski definition) is 1. The maximum Gasteiger partial charge on any atom is 0.320 e. The fraction of sp³-hybridized carbons (Fsp3) is 0.100. The lowest BCUT2D eigenvalue weighted by Gasteiger charge is -2.12. The van der Waals surface area contributed by atoms with Crippen LogP contribution in [0, 0.1) is 0 Å². The summed E-state index contributed by atoms with van der Waals surface area (Å²) >= 11 is 0. The van der Waals surface area contributed by atoms with Crippen molar-refractivity contribution in [3.8, 4) is 40.2 Å². The zero-order valence-corrected chi connectivity index (χ0v) is 20.0. The van der Waals surface area contributed by atoms with Gasteiger partial charge in [0.2, 0.25) is 0 Å². The number of fused-ring (bicyclic) bond motifs is 3. The van der Waals surface area contributed by atoms with Crippen LogP contribution in [0.2, 0.25) is 0 Å². The van der Waals surface area contributed by atoms with Crippen LogP contribution in [0.4, 0.5) is 0 Å². The minimum atomic E-state index is -0.117. The van der Waals surface area contributed by atoms with Gasteiger partial charge >= 0.3 is 6.01 Å². The summed E-state index contributed by atoms with van der Waals surface area (Å²) in [7, 11) is 0. The largest absolute Gasteiger partial charge is 0.507 e. The molecule has 0 amide bonds. The molecule has 6 aromatic rings. The number of aromatic nitrogens is 4. The van der Waals surface area contributed by atoms with Gasteiger partial charge in [0.1, 0.15) is 5.75 Å². The van der Waals surface area contributed by atoms with Crippen LogP contribution in [0.1, 0.15) is 13.8 Å². The summed E-state index contributed by atoms with van der Waals surface area (Å²) in [5.41, 5.74) is 4.62. The van der Waals surface area contributed by atoms with Crippen LogP contribution >= 0.6 is 0 Å². The molecule has 2 aromatic heterocycles. The number of ether oxygens (including phenoxy) is 1. The quantitative estimate of drug-likeness (QED) is 0.299. The fourth-order valence-corrected chi connectivity index (χ4v) is 4.58. The molecule has 0 bridgehead atoms. The maximum atomic E-state index is 10.5. The average molecular weight is 473 g/mol. The first kappa shape index (κ1) is 21.8. The van der Waals surface area contributed by atoms with E-state index in [9.17, 15) is 5.11 Å². The maximum absolute atomic E-state index is 10.5. The van der Waals surface area contributed by atoms with Crippen molar-refractivity contribution in [1.82, 2.24) is 19.5 Å². The summed E-state index contributed by atoms with van der Waals surface area (Å²) in [6.07, 6.45) is -0.117. The SMILES string of the molecule is CC(C)Oc1nc(-c2ccccc2O)nc(-c2cccc3c2c2ccccc2n3-c2ccccc2)n1. The Labute approximate surface area is 208 Å². The van der Waals surface area contributed by atoms with E-state index in [1.54, 1.807) is 18.2 Å².